The molecule has 6 rings (SSSR count). The van der Waals surface area contributed by atoms with Gasteiger partial charge in [-0.05, 0) is 73.3 Å². The number of nitrogens with one attached hydrogen (secondary N) is 1. The Morgan fingerprint density at radius 3 is 2.55 bits per heavy atom. The van der Waals surface area contributed by atoms with E-state index in [9.17, 15) is 14.4 Å². The standard InChI is InChI=1S/C33H43N4O6.V/c1-18-26(17-38)37-16-28(18)42-30-24(34-23-12-11-20(41-5)15-25(23)35-30)10-8-6-7-9-21-22-13-19(22)14-27(21)43-32(40)36-29(31(37)39)33(2,3)4;/h11-12,15,18-19,21-22,26-29H,6-10,13-14,16H2,1-5H3,(H,36,40);/q-1;/t18-,19?,21+,22?,26+,27+,28-,29+;/m0./s1. The number of methoxy groups -OCH3 is 1. The fourth-order valence-corrected chi connectivity index (χ4v) is 7.39. The van der Waals surface area contributed by atoms with Crippen molar-refractivity contribution in [3.8, 4) is 11.6 Å². The predicted molar refractivity (Wildman–Crippen MR) is 159 cm³/mol. The zero-order chi connectivity index (χ0) is 30.5. The summed E-state index contributed by atoms with van der Waals surface area (Å²) in [4.78, 5) is 50.8. The first-order valence-electron chi connectivity index (χ1n) is 15.7. The number of carbonyl (C=O) groups excluding carboxylic acids is 3. The van der Waals surface area contributed by atoms with E-state index in [1.165, 1.54) is 11.3 Å². The van der Waals surface area contributed by atoms with Gasteiger partial charge < -0.3 is 29.2 Å². The molecule has 1 aromatic carbocycles. The van der Waals surface area contributed by atoms with Gasteiger partial charge in [-0.1, -0.05) is 46.6 Å². The molecule has 1 saturated heterocycles. The van der Waals surface area contributed by atoms with Gasteiger partial charge in [-0.25, -0.2) is 21.0 Å². The second-order valence-electron chi connectivity index (χ2n) is 13.9. The number of aryl methyl sites for hydroxylation is 1. The second kappa shape index (κ2) is 12.9. The van der Waals surface area contributed by atoms with Gasteiger partial charge in [0.15, 0.2) is 0 Å². The molecule has 2 amide bonds. The van der Waals surface area contributed by atoms with Gasteiger partial charge in [0.25, 0.3) is 0 Å². The van der Waals surface area contributed by atoms with Crippen molar-refractivity contribution in [1.82, 2.24) is 20.2 Å². The molecule has 237 valence electrons. The van der Waals surface area contributed by atoms with Gasteiger partial charge in [0, 0.05) is 24.6 Å². The van der Waals surface area contributed by atoms with E-state index in [0.717, 1.165) is 43.3 Å². The summed E-state index contributed by atoms with van der Waals surface area (Å²) in [6.45, 7) is 7.73. The van der Waals surface area contributed by atoms with Crippen LogP contribution in [0.1, 0.15) is 71.9 Å². The third kappa shape index (κ3) is 6.43. The van der Waals surface area contributed by atoms with Gasteiger partial charge in [0.05, 0.1) is 24.7 Å². The van der Waals surface area contributed by atoms with Crippen LogP contribution in [0.4, 0.5) is 4.79 Å². The molecule has 2 aliphatic heterocycles. The minimum absolute atomic E-state index is 0. The molecule has 8 atom stereocenters. The molecule has 1 N–H and O–H groups in total. The molecule has 44 heavy (non-hydrogen) atoms. The number of ether oxygens (including phenoxy) is 3. The van der Waals surface area contributed by atoms with E-state index in [4.69, 9.17) is 24.2 Å². The van der Waals surface area contributed by atoms with E-state index in [2.05, 4.69) is 11.6 Å². The number of nitrogens with zero attached hydrogens (tertiary/aromatic N) is 3. The van der Waals surface area contributed by atoms with Crippen molar-refractivity contribution in [3.63, 3.8) is 0 Å². The van der Waals surface area contributed by atoms with Crippen LogP contribution in [0.15, 0.2) is 18.2 Å². The maximum absolute atomic E-state index is 14.1. The summed E-state index contributed by atoms with van der Waals surface area (Å²) in [6, 6.07) is 3.88. The van der Waals surface area contributed by atoms with Gasteiger partial charge in [-0.15, -0.1) is 0 Å². The molecule has 1 aromatic heterocycles. The number of amides is 2. The van der Waals surface area contributed by atoms with Crippen LogP contribution in [-0.2, 0) is 39.3 Å². The number of carbonyl (C=O) groups is 2. The van der Waals surface area contributed by atoms with Crippen LogP contribution in [0.2, 0.25) is 0 Å². The molecule has 2 aromatic rings. The zero-order valence-electron chi connectivity index (χ0n) is 26.2. The molecule has 2 unspecified atom stereocenters. The van der Waals surface area contributed by atoms with Crippen molar-refractivity contribution in [2.45, 2.75) is 96.9 Å². The Labute approximate surface area is 271 Å². The molecule has 4 aliphatic rings. The summed E-state index contributed by atoms with van der Waals surface area (Å²) >= 11 is 0. The average Bonchev–Trinajstić information content (AvgIpc) is 3.55. The molecule has 2 bridgehead atoms. The van der Waals surface area contributed by atoms with Gasteiger partial charge in [-0.2, -0.15) is 0 Å². The van der Waals surface area contributed by atoms with Gasteiger partial charge in [-0.3, -0.25) is 4.79 Å². The van der Waals surface area contributed by atoms with Crippen LogP contribution in [0.25, 0.3) is 11.0 Å². The van der Waals surface area contributed by atoms with Gasteiger partial charge in [0.2, 0.25) is 11.8 Å². The molecule has 2 saturated carbocycles. The summed E-state index contributed by atoms with van der Waals surface area (Å²) in [5.41, 5.74) is 1.56. The molecular weight excluding hydrogens is 599 g/mol. The van der Waals surface area contributed by atoms with Crippen LogP contribution in [0.5, 0.6) is 11.6 Å². The fourth-order valence-electron chi connectivity index (χ4n) is 7.39. The SMILES string of the molecule is COc1ccc2nc3c(nc2c1)O[C@H]1CN(C(=O)[C@H](C(C)(C)C)NC(=O)O[C@@H]2CC4CC4[C@H]2CCCCC3)[C@H]([C-]=O)[C@@H]1C.[V]. The molecule has 2 aliphatic carbocycles. The fraction of sp³-hybridized carbons (Fsp3) is 0.667. The van der Waals surface area contributed by atoms with Crippen molar-refractivity contribution in [3.05, 3.63) is 23.9 Å². The molecule has 0 spiro atoms. The van der Waals surface area contributed by atoms with Crippen LogP contribution in [0, 0.1) is 29.1 Å². The Morgan fingerprint density at radius 2 is 1.82 bits per heavy atom. The topological polar surface area (TPSA) is 120 Å². The molecule has 11 heteroatoms. The first-order valence-corrected chi connectivity index (χ1v) is 15.7. The van der Waals surface area contributed by atoms with Crippen molar-refractivity contribution in [1.29, 1.82) is 0 Å². The smallest absolute Gasteiger partial charge is 0.408 e. The van der Waals surface area contributed by atoms with Crippen LogP contribution >= 0.6 is 0 Å². The number of aromatic nitrogens is 2. The largest absolute Gasteiger partial charge is 0.540 e. The van der Waals surface area contributed by atoms with Gasteiger partial charge >= 0.3 is 6.09 Å². The van der Waals surface area contributed by atoms with E-state index >= 15 is 0 Å². The Balaban J connectivity index is 0.00000384. The zero-order valence-corrected chi connectivity index (χ0v) is 27.6. The van der Waals surface area contributed by atoms with Crippen LogP contribution in [0.3, 0.4) is 0 Å². The second-order valence-corrected chi connectivity index (χ2v) is 13.9. The molecule has 1 radical (unpaired) electrons. The van der Waals surface area contributed by atoms with E-state index in [-0.39, 0.29) is 43.0 Å². The first-order chi connectivity index (χ1) is 20.6. The number of benzene rings is 1. The Morgan fingerprint density at radius 1 is 1.02 bits per heavy atom. The molecular formula is C33H43N4O6V-. The Bertz CT molecular complexity index is 1400. The predicted octanol–water partition coefficient (Wildman–Crippen LogP) is 4.62. The number of hydrogen-bond donors (Lipinski definition) is 1. The van der Waals surface area contributed by atoms with Crippen LogP contribution < -0.4 is 14.8 Å². The minimum Gasteiger partial charge on any atom is -0.540 e. The van der Waals surface area contributed by atoms with Gasteiger partial charge in [0.1, 0.15) is 29.7 Å². The third-order valence-corrected chi connectivity index (χ3v) is 10.00. The number of fused-ring (bicyclic) bond motifs is 7. The third-order valence-electron chi connectivity index (χ3n) is 10.00. The molecule has 3 heterocycles. The maximum atomic E-state index is 14.1. The van der Waals surface area contributed by atoms with E-state index in [1.807, 2.05) is 45.9 Å². The summed E-state index contributed by atoms with van der Waals surface area (Å²) in [7, 11) is 1.61. The van der Waals surface area contributed by atoms with Crippen molar-refractivity contribution in [2.24, 2.45) is 29.1 Å². The Hall–Kier alpha value is -2.85. The summed E-state index contributed by atoms with van der Waals surface area (Å²) in [6.07, 6.45) is 7.66. The molecule has 10 nitrogen and oxygen atoms in total. The quantitative estimate of drug-likeness (QED) is 0.472. The van der Waals surface area contributed by atoms with Crippen LogP contribution in [-0.4, -0.2) is 71.1 Å². The number of rotatable bonds is 2. The van der Waals surface area contributed by atoms with Crippen molar-refractivity contribution >= 4 is 29.3 Å². The van der Waals surface area contributed by atoms with E-state index < -0.39 is 29.7 Å². The maximum Gasteiger partial charge on any atom is 0.408 e. The summed E-state index contributed by atoms with van der Waals surface area (Å²) in [5, 5.41) is 2.88. The monoisotopic (exact) mass is 642 g/mol. The molecule has 3 fully saturated rings. The number of hydrogen-bond acceptors (Lipinski definition) is 8. The summed E-state index contributed by atoms with van der Waals surface area (Å²) < 4.78 is 17.9. The van der Waals surface area contributed by atoms with E-state index in [0.29, 0.717) is 41.3 Å². The number of alkyl carbamates (subject to hydrolysis) is 1. The normalized spacial score (nSPS) is 32.4. The summed E-state index contributed by atoms with van der Waals surface area (Å²) in [5.74, 6) is 2.00. The Kier molecular flexibility index (Phi) is 9.52. The average molecular weight is 643 g/mol. The van der Waals surface area contributed by atoms with Crippen molar-refractivity contribution < 1.29 is 47.1 Å². The van der Waals surface area contributed by atoms with E-state index in [1.54, 1.807) is 7.11 Å². The minimum atomic E-state index is -0.890. The first kappa shape index (κ1) is 32.5. The van der Waals surface area contributed by atoms with Crippen molar-refractivity contribution in [2.75, 3.05) is 13.7 Å².